The molecule has 3 aromatic heterocycles. The minimum atomic E-state index is -0.955. The topological polar surface area (TPSA) is 88.9 Å². The van der Waals surface area contributed by atoms with E-state index in [9.17, 15) is 4.79 Å². The Hall–Kier alpha value is -3.28. The predicted octanol–water partition coefficient (Wildman–Crippen LogP) is 4.80. The zero-order chi connectivity index (χ0) is 27.9. The van der Waals surface area contributed by atoms with Crippen molar-refractivity contribution in [2.45, 2.75) is 47.0 Å². The van der Waals surface area contributed by atoms with Crippen LogP contribution in [-0.2, 0) is 25.5 Å². The summed E-state index contributed by atoms with van der Waals surface area (Å²) >= 11 is 0.294. The molecule has 1 aliphatic rings. The number of aromatic nitrogens is 4. The van der Waals surface area contributed by atoms with E-state index in [2.05, 4.69) is 70.2 Å². The molecule has 1 radical (unpaired) electrons. The summed E-state index contributed by atoms with van der Waals surface area (Å²) in [5.74, 6) is -0.955. The van der Waals surface area contributed by atoms with Crippen molar-refractivity contribution < 1.29 is 30.0 Å². The Balaban J connectivity index is 0.000000226. The van der Waals surface area contributed by atoms with Crippen molar-refractivity contribution in [3.63, 3.8) is 0 Å². The summed E-state index contributed by atoms with van der Waals surface area (Å²) in [6.07, 6.45) is 5.22. The number of carboxylic acid groups (broad SMARTS) is 1. The number of hydrogen-bond acceptors (Lipinski definition) is 5. The van der Waals surface area contributed by atoms with Gasteiger partial charge in [-0.25, -0.2) is 9.78 Å². The molecule has 5 aromatic rings. The normalized spacial score (nSPS) is 12.8. The van der Waals surface area contributed by atoms with Gasteiger partial charge in [-0.2, -0.15) is 0 Å². The minimum Gasteiger partial charge on any atom is -0.477 e. The third kappa shape index (κ3) is 5.37. The van der Waals surface area contributed by atoms with Gasteiger partial charge in [-0.15, -0.1) is 0 Å². The number of carbonyl (C=O) groups is 1. The average molecular weight is 773 g/mol. The molecule has 1 aliphatic heterocycles. The van der Waals surface area contributed by atoms with E-state index in [4.69, 9.17) is 5.11 Å². The maximum atomic E-state index is 10.8. The van der Waals surface area contributed by atoms with Crippen LogP contribution >= 0.6 is 0 Å². The predicted molar refractivity (Wildman–Crippen MR) is 155 cm³/mol. The molecular weight excluding hydrogens is 744 g/mol. The molecule has 0 bridgehead atoms. The van der Waals surface area contributed by atoms with Gasteiger partial charge in [0.05, 0.1) is 0 Å². The van der Waals surface area contributed by atoms with Crippen LogP contribution in [0.5, 0.6) is 0 Å². The van der Waals surface area contributed by atoms with E-state index >= 15 is 0 Å². The molecule has 0 atom stereocenters. The van der Waals surface area contributed by atoms with Crippen LogP contribution in [-0.4, -0.2) is 46.0 Å². The van der Waals surface area contributed by atoms with Crippen LogP contribution in [0.15, 0.2) is 61.1 Å². The summed E-state index contributed by atoms with van der Waals surface area (Å²) in [6.45, 7) is 12.1. The molecule has 0 amide bonds. The summed E-state index contributed by atoms with van der Waals surface area (Å²) < 4.78 is 2.88. The quantitative estimate of drug-likeness (QED) is 0.205. The van der Waals surface area contributed by atoms with Gasteiger partial charge in [0, 0.05) is 25.8 Å². The number of aromatic carboxylic acids is 1. The van der Waals surface area contributed by atoms with Gasteiger partial charge in [0.2, 0.25) is 0 Å². The Kier molecular flexibility index (Phi) is 8.67. The summed E-state index contributed by atoms with van der Waals surface area (Å²) in [5, 5.41) is 8.84. The molecule has 0 spiro atoms. The van der Waals surface area contributed by atoms with E-state index in [1.54, 1.807) is 25.5 Å². The Morgan fingerprint density at radius 3 is 2.33 bits per heavy atom. The summed E-state index contributed by atoms with van der Waals surface area (Å²) in [4.78, 5) is 28.3. The van der Waals surface area contributed by atoms with Gasteiger partial charge in [-0.3, -0.25) is 0 Å². The van der Waals surface area contributed by atoms with Crippen LogP contribution in [0.25, 0.3) is 22.3 Å². The fourth-order valence-corrected chi connectivity index (χ4v) is 7.95. The summed E-state index contributed by atoms with van der Waals surface area (Å²) in [6, 6.07) is 18.5. The summed E-state index contributed by atoms with van der Waals surface area (Å²) in [7, 11) is 0. The van der Waals surface area contributed by atoms with E-state index in [0.717, 1.165) is 44.7 Å². The maximum absolute atomic E-state index is 10.8. The van der Waals surface area contributed by atoms with Gasteiger partial charge in [0.15, 0.2) is 5.69 Å². The molecular formula is C32H29IrN4O2Se-. The molecule has 8 heteroatoms. The number of aryl methyl sites for hydroxylation is 1. The first-order valence-corrected chi connectivity index (χ1v) is 14.4. The van der Waals surface area contributed by atoms with Crippen molar-refractivity contribution in [3.05, 3.63) is 106 Å². The number of hydrogen-bond donors (Lipinski definition) is 1. The van der Waals surface area contributed by atoms with Crippen LogP contribution in [0.2, 0.25) is 0 Å². The number of rotatable bonds is 2. The first-order valence-electron chi connectivity index (χ1n) is 12.7. The van der Waals surface area contributed by atoms with E-state index in [-0.39, 0.29) is 31.2 Å². The second-order valence-electron chi connectivity index (χ2n) is 10.2. The molecule has 6 rings (SSSR count). The van der Waals surface area contributed by atoms with Gasteiger partial charge in [-0.1, -0.05) is 0 Å². The minimum absolute atomic E-state index is 0. The number of nitrogens with zero attached hydrogens (tertiary/aromatic N) is 4. The van der Waals surface area contributed by atoms with Gasteiger partial charge < -0.3 is 5.11 Å². The molecule has 2 aromatic carbocycles. The molecule has 6 nitrogen and oxygen atoms in total. The van der Waals surface area contributed by atoms with Crippen molar-refractivity contribution in [1.82, 2.24) is 19.9 Å². The molecule has 0 saturated heterocycles. The Bertz CT molecular complexity index is 1750. The van der Waals surface area contributed by atoms with Gasteiger partial charge >= 0.3 is 165 Å². The van der Waals surface area contributed by atoms with E-state index in [1.165, 1.54) is 20.1 Å². The number of pyridine rings is 2. The average Bonchev–Trinajstić information content (AvgIpc) is 2.93. The Morgan fingerprint density at radius 2 is 1.60 bits per heavy atom. The van der Waals surface area contributed by atoms with Crippen molar-refractivity contribution >= 4 is 40.9 Å². The van der Waals surface area contributed by atoms with Crippen LogP contribution in [0, 0.1) is 33.8 Å². The molecule has 0 fully saturated rings. The first kappa shape index (κ1) is 29.7. The second-order valence-corrected chi connectivity index (χ2v) is 12.4. The standard InChI is InChI=1S/C22H16N3Se.C10H13NO2.Ir/c1-22(2)15-7-3-4-8-19(15)26-20-9-5-6-14(21(20)22)16-12-17-18(13-25-16)24-11-10-23-17;1-5-6(2)8(4)11-9(7(5)3)10(12)13;/h3-5,7-13H,1-2H3;1-4H3,(H,12,13);/q-1;;. The van der Waals surface area contributed by atoms with Crippen LogP contribution in [0.4, 0.5) is 0 Å². The first-order chi connectivity index (χ1) is 18.6. The van der Waals surface area contributed by atoms with Crippen molar-refractivity contribution in [2.24, 2.45) is 0 Å². The Labute approximate surface area is 254 Å². The summed E-state index contributed by atoms with van der Waals surface area (Å²) in [5.41, 5.74) is 10.2. The molecule has 0 unspecified atom stereocenters. The fourth-order valence-electron chi connectivity index (χ4n) is 4.99. The van der Waals surface area contributed by atoms with Crippen LogP contribution in [0.1, 0.15) is 57.8 Å². The number of fused-ring (bicyclic) bond motifs is 3. The third-order valence-electron chi connectivity index (χ3n) is 7.48. The molecule has 0 saturated carbocycles. The molecule has 1 N–H and O–H groups in total. The molecule has 205 valence electrons. The zero-order valence-electron chi connectivity index (χ0n) is 23.2. The van der Waals surface area contributed by atoms with E-state index in [0.29, 0.717) is 15.0 Å². The third-order valence-corrected chi connectivity index (χ3v) is 9.86. The van der Waals surface area contributed by atoms with Crippen molar-refractivity contribution in [3.8, 4) is 11.3 Å². The number of benzene rings is 2. The van der Waals surface area contributed by atoms with E-state index in [1.807, 2.05) is 32.9 Å². The monoisotopic (exact) mass is 774 g/mol. The molecule has 40 heavy (non-hydrogen) atoms. The fraction of sp³-hybridized carbons (Fsp3) is 0.219. The smallest absolute Gasteiger partial charge is 0.354 e. The van der Waals surface area contributed by atoms with Crippen molar-refractivity contribution in [1.29, 1.82) is 0 Å². The number of carboxylic acids is 1. The van der Waals surface area contributed by atoms with Crippen LogP contribution < -0.4 is 8.92 Å². The largest absolute Gasteiger partial charge is 0.477 e. The van der Waals surface area contributed by atoms with Crippen LogP contribution in [0.3, 0.4) is 0 Å². The second kappa shape index (κ2) is 11.7. The van der Waals surface area contributed by atoms with E-state index < -0.39 is 5.97 Å². The van der Waals surface area contributed by atoms with Gasteiger partial charge in [0.25, 0.3) is 0 Å². The SMILES string of the molecule is CC1(C)c2ccccc2[Se]c2cc[c-]c(-c3cc4nccnc4cn3)c21.Cc1nc(C(=O)O)c(C)c(C)c1C.[Ir]. The van der Waals surface area contributed by atoms with Crippen molar-refractivity contribution in [2.75, 3.05) is 0 Å². The van der Waals surface area contributed by atoms with Gasteiger partial charge in [0.1, 0.15) is 0 Å². The Morgan fingerprint density at radius 1 is 0.900 bits per heavy atom. The maximum Gasteiger partial charge on any atom is 0.354 e. The molecule has 4 heterocycles. The van der Waals surface area contributed by atoms with Gasteiger partial charge in [-0.05, 0) is 44.4 Å². The molecule has 0 aliphatic carbocycles. The zero-order valence-corrected chi connectivity index (χ0v) is 27.3.